The van der Waals surface area contributed by atoms with Crippen LogP contribution in [0.3, 0.4) is 0 Å². The first kappa shape index (κ1) is 13.4. The average molecular weight is 266 g/mol. The number of nitrogens with zero attached hydrogens (tertiary/aromatic N) is 1. The maximum atomic E-state index is 10.8. The van der Waals surface area contributed by atoms with Gasteiger partial charge < -0.3 is 5.32 Å². The molecule has 4 nitrogen and oxygen atoms in total. The third kappa shape index (κ3) is 3.23. The van der Waals surface area contributed by atoms with E-state index in [1.165, 1.54) is 5.56 Å². The summed E-state index contributed by atoms with van der Waals surface area (Å²) in [5.74, 6) is 1.11. The van der Waals surface area contributed by atoms with Gasteiger partial charge >= 0.3 is 0 Å². The second-order valence-corrected chi connectivity index (χ2v) is 5.58. The van der Waals surface area contributed by atoms with Crippen molar-refractivity contribution in [1.29, 1.82) is 0 Å². The molecule has 1 aliphatic rings. The molecule has 1 atom stereocenters. The van der Waals surface area contributed by atoms with Crippen LogP contribution in [-0.4, -0.2) is 29.5 Å². The second kappa shape index (κ2) is 6.20. The van der Waals surface area contributed by atoms with E-state index in [4.69, 9.17) is 0 Å². The molecule has 5 heteroatoms. The van der Waals surface area contributed by atoms with Gasteiger partial charge in [0.15, 0.2) is 0 Å². The normalized spacial score (nSPS) is 18.4. The molecular weight excluding hydrogens is 248 g/mol. The molecule has 1 aromatic carbocycles. The smallest absolute Gasteiger partial charge is 0.269 e. The lowest BCUT2D eigenvalue weighted by molar-refractivity contribution is -0.384. The summed E-state index contributed by atoms with van der Waals surface area (Å²) in [5, 5.41) is 14.3. The van der Waals surface area contributed by atoms with Gasteiger partial charge in [-0.3, -0.25) is 10.1 Å². The molecule has 0 bridgehead atoms. The van der Waals surface area contributed by atoms with E-state index in [-0.39, 0.29) is 10.6 Å². The van der Waals surface area contributed by atoms with Gasteiger partial charge in [-0.2, -0.15) is 11.8 Å². The van der Waals surface area contributed by atoms with E-state index < -0.39 is 0 Å². The largest absolute Gasteiger partial charge is 0.313 e. The lowest BCUT2D eigenvalue weighted by Crippen LogP contribution is -2.35. The van der Waals surface area contributed by atoms with Gasteiger partial charge in [-0.05, 0) is 36.6 Å². The van der Waals surface area contributed by atoms with Gasteiger partial charge in [0.25, 0.3) is 5.69 Å². The Balaban J connectivity index is 2.02. The molecule has 0 radical (unpaired) electrons. The van der Waals surface area contributed by atoms with Crippen molar-refractivity contribution in [3.63, 3.8) is 0 Å². The molecule has 0 saturated heterocycles. The van der Waals surface area contributed by atoms with E-state index in [1.807, 2.05) is 17.8 Å². The molecule has 0 fully saturated rings. The van der Waals surface area contributed by atoms with Crippen molar-refractivity contribution in [2.45, 2.75) is 25.3 Å². The monoisotopic (exact) mass is 266 g/mol. The highest BCUT2D eigenvalue weighted by molar-refractivity contribution is 7.98. The molecule has 18 heavy (non-hydrogen) atoms. The maximum Gasteiger partial charge on any atom is 0.269 e. The fraction of sp³-hybridized carbons (Fsp3) is 0.538. The van der Waals surface area contributed by atoms with Gasteiger partial charge in [-0.25, -0.2) is 0 Å². The summed E-state index contributed by atoms with van der Waals surface area (Å²) in [6, 6.07) is 5.72. The number of non-ortho nitro benzene ring substituents is 1. The van der Waals surface area contributed by atoms with Crippen LogP contribution in [0.1, 0.15) is 17.5 Å². The molecular formula is C13H18N2O2S. The van der Waals surface area contributed by atoms with Gasteiger partial charge in [0.2, 0.25) is 0 Å². The van der Waals surface area contributed by atoms with Crippen LogP contribution in [0.4, 0.5) is 5.69 Å². The molecule has 1 aromatic rings. The number of hydrogen-bond donors (Lipinski definition) is 1. The highest BCUT2D eigenvalue weighted by Gasteiger charge is 2.20. The second-order valence-electron chi connectivity index (χ2n) is 4.60. The number of aryl methyl sites for hydroxylation is 1. The molecule has 0 aromatic heterocycles. The van der Waals surface area contributed by atoms with E-state index >= 15 is 0 Å². The summed E-state index contributed by atoms with van der Waals surface area (Å²) >= 11 is 1.83. The fourth-order valence-corrected chi connectivity index (χ4v) is 2.72. The molecule has 1 unspecified atom stereocenters. The van der Waals surface area contributed by atoms with E-state index in [9.17, 15) is 10.1 Å². The Morgan fingerprint density at radius 2 is 2.33 bits per heavy atom. The van der Waals surface area contributed by atoms with Crippen molar-refractivity contribution in [1.82, 2.24) is 5.32 Å². The first-order chi connectivity index (χ1) is 8.70. The Bertz CT molecular complexity index is 437. The Morgan fingerprint density at radius 3 is 3.06 bits per heavy atom. The summed E-state index contributed by atoms with van der Waals surface area (Å²) in [6.07, 6.45) is 5.15. The highest BCUT2D eigenvalue weighted by Crippen LogP contribution is 2.25. The number of benzene rings is 1. The molecule has 0 heterocycles. The average Bonchev–Trinajstić information content (AvgIpc) is 2.38. The predicted octanol–water partition coefficient (Wildman–Crippen LogP) is 2.40. The summed E-state index contributed by atoms with van der Waals surface area (Å²) in [6.45, 7) is 1.01. The minimum Gasteiger partial charge on any atom is -0.313 e. The van der Waals surface area contributed by atoms with Crippen LogP contribution in [0.25, 0.3) is 0 Å². The fourth-order valence-electron chi connectivity index (χ4n) is 2.40. The molecule has 0 saturated carbocycles. The van der Waals surface area contributed by atoms with Crippen LogP contribution in [0.5, 0.6) is 0 Å². The zero-order valence-electron chi connectivity index (χ0n) is 10.5. The van der Waals surface area contributed by atoms with Crippen molar-refractivity contribution in [3.8, 4) is 0 Å². The lowest BCUT2D eigenvalue weighted by atomic mass is 9.88. The quantitative estimate of drug-likeness (QED) is 0.505. The molecule has 98 valence electrons. The Morgan fingerprint density at radius 1 is 1.50 bits per heavy atom. The Kier molecular flexibility index (Phi) is 4.60. The minimum absolute atomic E-state index is 0.207. The number of nitrogens with one attached hydrogen (secondary N) is 1. The summed E-state index contributed by atoms with van der Waals surface area (Å²) < 4.78 is 0. The number of hydrogen-bond acceptors (Lipinski definition) is 4. The zero-order valence-corrected chi connectivity index (χ0v) is 11.3. The van der Waals surface area contributed by atoms with Crippen LogP contribution >= 0.6 is 11.8 Å². The lowest BCUT2D eigenvalue weighted by Gasteiger charge is -2.25. The van der Waals surface area contributed by atoms with Crippen LogP contribution in [0.15, 0.2) is 18.2 Å². The van der Waals surface area contributed by atoms with Crippen LogP contribution < -0.4 is 5.32 Å². The van der Waals surface area contributed by atoms with Gasteiger partial charge in [0, 0.05) is 30.5 Å². The molecule has 0 amide bonds. The van der Waals surface area contributed by atoms with Crippen molar-refractivity contribution < 1.29 is 4.92 Å². The van der Waals surface area contributed by atoms with E-state index in [0.29, 0.717) is 6.04 Å². The first-order valence-electron chi connectivity index (χ1n) is 6.19. The van der Waals surface area contributed by atoms with E-state index in [2.05, 4.69) is 11.6 Å². The summed E-state index contributed by atoms with van der Waals surface area (Å²) in [7, 11) is 0. The summed E-state index contributed by atoms with van der Waals surface area (Å²) in [4.78, 5) is 10.5. The standard InChI is InChI=1S/C13H18N2O2S/c1-18-7-6-14-12-4-2-10-3-5-13(15(16)17)9-11(10)8-12/h3,5,9,12,14H,2,4,6-8H2,1H3. The van der Waals surface area contributed by atoms with Crippen LogP contribution in [-0.2, 0) is 12.8 Å². The number of fused-ring (bicyclic) bond motifs is 1. The molecule has 2 rings (SSSR count). The van der Waals surface area contributed by atoms with Gasteiger partial charge in [0.05, 0.1) is 4.92 Å². The maximum absolute atomic E-state index is 10.8. The van der Waals surface area contributed by atoms with E-state index in [0.717, 1.165) is 37.1 Å². The Hall–Kier alpha value is -1.07. The summed E-state index contributed by atoms with van der Waals surface area (Å²) in [5.41, 5.74) is 2.61. The molecule has 0 aliphatic heterocycles. The van der Waals surface area contributed by atoms with E-state index in [1.54, 1.807) is 12.1 Å². The third-order valence-electron chi connectivity index (χ3n) is 3.37. The van der Waals surface area contributed by atoms with Crippen molar-refractivity contribution in [2.24, 2.45) is 0 Å². The highest BCUT2D eigenvalue weighted by atomic mass is 32.2. The van der Waals surface area contributed by atoms with Gasteiger partial charge in [0.1, 0.15) is 0 Å². The number of nitro groups is 1. The zero-order chi connectivity index (χ0) is 13.0. The molecule has 0 spiro atoms. The molecule has 1 aliphatic carbocycles. The van der Waals surface area contributed by atoms with Crippen molar-refractivity contribution >= 4 is 17.4 Å². The SMILES string of the molecule is CSCCNC1CCc2ccc([N+](=O)[O-])cc2C1. The molecule has 1 N–H and O–H groups in total. The van der Waals surface area contributed by atoms with Crippen molar-refractivity contribution in [2.75, 3.05) is 18.6 Å². The predicted molar refractivity (Wildman–Crippen MR) is 75.3 cm³/mol. The van der Waals surface area contributed by atoms with Gasteiger partial charge in [-0.15, -0.1) is 0 Å². The number of thioether (sulfide) groups is 1. The van der Waals surface area contributed by atoms with Crippen LogP contribution in [0.2, 0.25) is 0 Å². The Labute approximate surface area is 111 Å². The van der Waals surface area contributed by atoms with Gasteiger partial charge in [-0.1, -0.05) is 6.07 Å². The van der Waals surface area contributed by atoms with Crippen molar-refractivity contribution in [3.05, 3.63) is 39.4 Å². The topological polar surface area (TPSA) is 55.2 Å². The third-order valence-corrected chi connectivity index (χ3v) is 3.98. The van der Waals surface area contributed by atoms with Crippen LogP contribution in [0, 0.1) is 10.1 Å². The number of nitro benzene ring substituents is 1. The first-order valence-corrected chi connectivity index (χ1v) is 7.58. The minimum atomic E-state index is -0.314. The number of rotatable bonds is 5.